The second-order valence-corrected chi connectivity index (χ2v) is 5.15. The first-order valence-electron chi connectivity index (χ1n) is 5.89. The third-order valence-electron chi connectivity index (χ3n) is 2.80. The lowest BCUT2D eigenvalue weighted by molar-refractivity contribution is -0.144. The van der Waals surface area contributed by atoms with E-state index < -0.39 is 24.0 Å². The molecule has 0 saturated carbocycles. The van der Waals surface area contributed by atoms with E-state index in [0.717, 1.165) is 0 Å². The van der Waals surface area contributed by atoms with E-state index in [1.54, 1.807) is 11.8 Å². The maximum absolute atomic E-state index is 11.0. The van der Waals surface area contributed by atoms with E-state index in [-0.39, 0.29) is 5.92 Å². The molecule has 0 heterocycles. The summed E-state index contributed by atoms with van der Waals surface area (Å²) in [5, 5.41) is 18.0. The molecule has 0 rings (SSSR count). The fourth-order valence-electron chi connectivity index (χ4n) is 1.37. The van der Waals surface area contributed by atoms with E-state index in [9.17, 15) is 9.59 Å². The lowest BCUT2D eigenvalue weighted by atomic mass is 10.0. The van der Waals surface area contributed by atoms with Crippen molar-refractivity contribution in [3.8, 4) is 0 Å². The second-order valence-electron chi connectivity index (χ2n) is 4.16. The Bertz CT molecular complexity index is 276. The summed E-state index contributed by atoms with van der Waals surface area (Å²) in [5.41, 5.74) is 5.23. The summed E-state index contributed by atoms with van der Waals surface area (Å²) < 4.78 is 0. The van der Waals surface area contributed by atoms with Crippen molar-refractivity contribution in [2.75, 3.05) is 12.0 Å². The Labute approximate surface area is 111 Å². The first-order chi connectivity index (χ1) is 8.43. The maximum atomic E-state index is 11.0. The molecule has 0 aliphatic carbocycles. The summed E-state index contributed by atoms with van der Waals surface area (Å²) in [6.45, 7) is 3.70. The van der Waals surface area contributed by atoms with Crippen LogP contribution in [0.3, 0.4) is 0 Å². The normalized spacial score (nSPS) is 15.9. The van der Waals surface area contributed by atoms with Crippen LogP contribution in [0.1, 0.15) is 26.7 Å². The Morgan fingerprint density at radius 3 is 2.22 bits per heavy atom. The smallest absolute Gasteiger partial charge is 0.322 e. The fraction of sp³-hybridized carbons (Fsp3) is 0.818. The van der Waals surface area contributed by atoms with Crippen LogP contribution in [0.15, 0.2) is 0 Å². The number of carboxylic acids is 2. The number of carbonyl (C=O) groups is 2. The van der Waals surface area contributed by atoms with Gasteiger partial charge in [-0.15, -0.1) is 0 Å². The Hall–Kier alpha value is -0.790. The van der Waals surface area contributed by atoms with Crippen LogP contribution in [0.25, 0.3) is 0 Å². The zero-order chi connectivity index (χ0) is 14.1. The van der Waals surface area contributed by atoms with E-state index in [2.05, 4.69) is 10.9 Å². The molecule has 0 aromatic rings. The van der Waals surface area contributed by atoms with Crippen molar-refractivity contribution in [3.63, 3.8) is 0 Å². The van der Waals surface area contributed by atoms with E-state index in [1.165, 1.54) is 0 Å². The molecule has 0 aliphatic rings. The van der Waals surface area contributed by atoms with Crippen molar-refractivity contribution in [2.24, 2.45) is 5.92 Å². The molecule has 6 nitrogen and oxygen atoms in total. The van der Waals surface area contributed by atoms with Crippen molar-refractivity contribution in [1.82, 2.24) is 10.9 Å². The van der Waals surface area contributed by atoms with Gasteiger partial charge < -0.3 is 10.2 Å². The molecule has 3 atom stereocenters. The molecule has 0 aromatic heterocycles. The minimum Gasteiger partial charge on any atom is -0.480 e. The topological polar surface area (TPSA) is 98.7 Å². The van der Waals surface area contributed by atoms with Crippen molar-refractivity contribution >= 4 is 23.7 Å². The fourth-order valence-corrected chi connectivity index (χ4v) is 1.84. The van der Waals surface area contributed by atoms with Gasteiger partial charge in [-0.2, -0.15) is 11.8 Å². The first kappa shape index (κ1) is 17.2. The molecular weight excluding hydrogens is 256 g/mol. The zero-order valence-corrected chi connectivity index (χ0v) is 11.8. The van der Waals surface area contributed by atoms with Crippen LogP contribution in [-0.2, 0) is 9.59 Å². The standard InChI is InChI=1S/C11H22N2O4S/c1-4-7(2)9(11(16)17)13-12-8(10(14)15)5-6-18-3/h7-9,12-13H,4-6H2,1-3H3,(H,14,15)(H,16,17)/t7-,8-,9-/m0/s1. The number of nitrogens with one attached hydrogen (secondary N) is 2. The number of hydrazine groups is 1. The van der Waals surface area contributed by atoms with Gasteiger partial charge in [0.1, 0.15) is 12.1 Å². The molecule has 0 amide bonds. The number of carboxylic acid groups (broad SMARTS) is 2. The molecule has 18 heavy (non-hydrogen) atoms. The quantitative estimate of drug-likeness (QED) is 0.438. The average Bonchev–Trinajstić information content (AvgIpc) is 2.31. The number of thioether (sulfide) groups is 1. The molecule has 0 unspecified atom stereocenters. The molecule has 4 N–H and O–H groups in total. The molecule has 0 saturated heterocycles. The highest BCUT2D eigenvalue weighted by atomic mass is 32.2. The highest BCUT2D eigenvalue weighted by Crippen LogP contribution is 2.07. The number of rotatable bonds is 10. The van der Waals surface area contributed by atoms with E-state index in [4.69, 9.17) is 10.2 Å². The van der Waals surface area contributed by atoms with Gasteiger partial charge in [0.05, 0.1) is 0 Å². The van der Waals surface area contributed by atoms with Gasteiger partial charge in [0.25, 0.3) is 0 Å². The van der Waals surface area contributed by atoms with Gasteiger partial charge in [-0.1, -0.05) is 20.3 Å². The Balaban J connectivity index is 4.37. The molecular formula is C11H22N2O4S. The van der Waals surface area contributed by atoms with Gasteiger partial charge in [0, 0.05) is 0 Å². The van der Waals surface area contributed by atoms with Crippen LogP contribution in [0.2, 0.25) is 0 Å². The third-order valence-corrected chi connectivity index (χ3v) is 3.44. The van der Waals surface area contributed by atoms with Gasteiger partial charge in [-0.05, 0) is 24.3 Å². The van der Waals surface area contributed by atoms with Crippen LogP contribution in [0.4, 0.5) is 0 Å². The highest BCUT2D eigenvalue weighted by molar-refractivity contribution is 7.98. The summed E-state index contributed by atoms with van der Waals surface area (Å²) in [4.78, 5) is 22.0. The lowest BCUT2D eigenvalue weighted by Gasteiger charge is -2.23. The van der Waals surface area contributed by atoms with Crippen LogP contribution in [0.5, 0.6) is 0 Å². The predicted molar refractivity (Wildman–Crippen MR) is 71.6 cm³/mol. The van der Waals surface area contributed by atoms with E-state index in [0.29, 0.717) is 18.6 Å². The third kappa shape index (κ3) is 6.23. The average molecular weight is 278 g/mol. The number of hydrogen-bond acceptors (Lipinski definition) is 5. The maximum Gasteiger partial charge on any atom is 0.322 e. The van der Waals surface area contributed by atoms with Gasteiger partial charge in [-0.3, -0.25) is 9.59 Å². The van der Waals surface area contributed by atoms with Crippen LogP contribution in [-0.4, -0.2) is 46.2 Å². The van der Waals surface area contributed by atoms with Gasteiger partial charge in [-0.25, -0.2) is 10.9 Å². The SMILES string of the molecule is CC[C@H](C)[C@H](NN[C@@H](CCSC)C(=O)O)C(=O)O. The summed E-state index contributed by atoms with van der Waals surface area (Å²) in [5.74, 6) is -1.34. The van der Waals surface area contributed by atoms with Crippen molar-refractivity contribution in [3.05, 3.63) is 0 Å². The van der Waals surface area contributed by atoms with Gasteiger partial charge >= 0.3 is 11.9 Å². The van der Waals surface area contributed by atoms with Crippen molar-refractivity contribution in [1.29, 1.82) is 0 Å². The van der Waals surface area contributed by atoms with E-state index >= 15 is 0 Å². The minimum atomic E-state index is -0.982. The molecule has 0 aromatic carbocycles. The van der Waals surface area contributed by atoms with Crippen LogP contribution in [0, 0.1) is 5.92 Å². The summed E-state index contributed by atoms with van der Waals surface area (Å²) >= 11 is 1.55. The predicted octanol–water partition coefficient (Wildman–Crippen LogP) is 0.786. The van der Waals surface area contributed by atoms with E-state index in [1.807, 2.05) is 20.1 Å². The first-order valence-corrected chi connectivity index (χ1v) is 7.29. The monoisotopic (exact) mass is 278 g/mol. The van der Waals surface area contributed by atoms with Gasteiger partial charge in [0.2, 0.25) is 0 Å². The second kappa shape index (κ2) is 9.18. The molecule has 7 heteroatoms. The molecule has 0 radical (unpaired) electrons. The van der Waals surface area contributed by atoms with Crippen LogP contribution < -0.4 is 10.9 Å². The molecule has 106 valence electrons. The largest absolute Gasteiger partial charge is 0.480 e. The molecule has 0 aliphatic heterocycles. The Morgan fingerprint density at radius 1 is 1.22 bits per heavy atom. The van der Waals surface area contributed by atoms with Crippen molar-refractivity contribution < 1.29 is 19.8 Å². The van der Waals surface area contributed by atoms with Gasteiger partial charge in [0.15, 0.2) is 0 Å². The van der Waals surface area contributed by atoms with Crippen molar-refractivity contribution in [2.45, 2.75) is 38.8 Å². The molecule has 0 spiro atoms. The molecule has 0 fully saturated rings. The summed E-state index contributed by atoms with van der Waals surface area (Å²) in [7, 11) is 0. The number of aliphatic carboxylic acids is 2. The highest BCUT2D eigenvalue weighted by Gasteiger charge is 2.25. The lowest BCUT2D eigenvalue weighted by Crippen LogP contribution is -2.54. The minimum absolute atomic E-state index is 0.0787. The summed E-state index contributed by atoms with van der Waals surface area (Å²) in [6.07, 6.45) is 3.04. The number of hydrogen-bond donors (Lipinski definition) is 4. The Morgan fingerprint density at radius 2 is 1.83 bits per heavy atom. The zero-order valence-electron chi connectivity index (χ0n) is 11.0. The van der Waals surface area contributed by atoms with Crippen LogP contribution >= 0.6 is 11.8 Å². The summed E-state index contributed by atoms with van der Waals surface area (Å²) in [6, 6.07) is -1.56. The molecule has 0 bridgehead atoms. The Kier molecular flexibility index (Phi) is 8.78.